The summed E-state index contributed by atoms with van der Waals surface area (Å²) in [6.07, 6.45) is -5.87. The van der Waals surface area contributed by atoms with Crippen molar-refractivity contribution in [3.8, 4) is 0 Å². The van der Waals surface area contributed by atoms with E-state index < -0.39 is 43.6 Å². The second kappa shape index (κ2) is 9.93. The number of aliphatic hydroxyl groups excluding tert-OH is 4. The van der Waals surface area contributed by atoms with E-state index in [1.54, 1.807) is 6.92 Å². The number of Topliss-reactive ketones (excluding diaryl/α,β-unsaturated/α-hetero) is 1. The zero-order valence-corrected chi connectivity index (χ0v) is 17.9. The summed E-state index contributed by atoms with van der Waals surface area (Å²) in [6, 6.07) is 0. The summed E-state index contributed by atoms with van der Waals surface area (Å²) in [5.74, 6) is -1.21. The molecule has 0 bridgehead atoms. The summed E-state index contributed by atoms with van der Waals surface area (Å²) >= 11 is 0. The molecule has 176 valence electrons. The number of carbonyl (C=O) groups excluding carboxylic acids is 2. The van der Waals surface area contributed by atoms with Crippen molar-refractivity contribution < 1.29 is 49.0 Å². The van der Waals surface area contributed by atoms with Gasteiger partial charge in [-0.25, -0.2) is 0 Å². The Morgan fingerprint density at radius 2 is 1.90 bits per heavy atom. The van der Waals surface area contributed by atoms with Crippen molar-refractivity contribution in [3.63, 3.8) is 0 Å². The van der Waals surface area contributed by atoms with Crippen molar-refractivity contribution in [3.05, 3.63) is 11.8 Å². The average Bonchev–Trinajstić information content (AvgIpc) is 3.01. The molecule has 4 N–H and O–H groups in total. The molecule has 0 unspecified atom stereocenters. The summed E-state index contributed by atoms with van der Waals surface area (Å²) < 4.78 is 22.1. The van der Waals surface area contributed by atoms with Crippen LogP contribution in [0.5, 0.6) is 0 Å². The Bertz CT molecular complexity index is 690. The quantitative estimate of drug-likeness (QED) is 0.377. The molecule has 9 atom stereocenters. The van der Waals surface area contributed by atoms with Crippen molar-refractivity contribution in [2.45, 2.75) is 70.6 Å². The first-order valence-corrected chi connectivity index (χ1v) is 10.6. The molecule has 1 saturated carbocycles. The van der Waals surface area contributed by atoms with Crippen LogP contribution in [0.15, 0.2) is 11.8 Å². The minimum atomic E-state index is -1.54. The Morgan fingerprint density at radius 3 is 2.55 bits per heavy atom. The number of hydrogen-bond acceptors (Lipinski definition) is 10. The number of rotatable bonds is 7. The summed E-state index contributed by atoms with van der Waals surface area (Å²) in [6.45, 7) is 4.96. The van der Waals surface area contributed by atoms with Crippen LogP contribution in [0.4, 0.5) is 0 Å². The molecule has 0 radical (unpaired) electrons. The van der Waals surface area contributed by atoms with E-state index in [-0.39, 0.29) is 54.9 Å². The van der Waals surface area contributed by atoms with E-state index in [2.05, 4.69) is 0 Å². The van der Waals surface area contributed by atoms with Gasteiger partial charge in [0.25, 0.3) is 0 Å². The maximum atomic E-state index is 12.4. The first-order valence-electron chi connectivity index (χ1n) is 10.6. The van der Waals surface area contributed by atoms with Gasteiger partial charge in [0.15, 0.2) is 6.29 Å². The largest absolute Gasteiger partial charge is 0.462 e. The zero-order chi connectivity index (χ0) is 22.9. The van der Waals surface area contributed by atoms with Gasteiger partial charge in [-0.3, -0.25) is 9.59 Å². The molecule has 31 heavy (non-hydrogen) atoms. The van der Waals surface area contributed by atoms with Gasteiger partial charge in [0, 0.05) is 30.6 Å². The van der Waals surface area contributed by atoms with Crippen LogP contribution in [0.3, 0.4) is 0 Å². The molecule has 3 rings (SSSR count). The van der Waals surface area contributed by atoms with E-state index in [0.29, 0.717) is 5.57 Å². The van der Waals surface area contributed by atoms with Crippen molar-refractivity contribution in [2.24, 2.45) is 23.7 Å². The van der Waals surface area contributed by atoms with Crippen LogP contribution in [0.25, 0.3) is 0 Å². The van der Waals surface area contributed by atoms with Crippen molar-refractivity contribution in [2.75, 3.05) is 13.2 Å². The van der Waals surface area contributed by atoms with Crippen molar-refractivity contribution in [1.82, 2.24) is 0 Å². The third kappa shape index (κ3) is 5.10. The number of ketones is 1. The topological polar surface area (TPSA) is 152 Å². The van der Waals surface area contributed by atoms with Gasteiger partial charge >= 0.3 is 5.97 Å². The molecular formula is C21H32O10. The van der Waals surface area contributed by atoms with Gasteiger partial charge in [-0.05, 0) is 11.5 Å². The Morgan fingerprint density at radius 1 is 1.19 bits per heavy atom. The Kier molecular flexibility index (Phi) is 7.72. The number of fused-ring (bicyclic) bond motifs is 1. The third-order valence-electron chi connectivity index (χ3n) is 6.20. The van der Waals surface area contributed by atoms with Gasteiger partial charge in [-0.2, -0.15) is 0 Å². The first-order chi connectivity index (χ1) is 14.6. The predicted molar refractivity (Wildman–Crippen MR) is 104 cm³/mol. The molecular weight excluding hydrogens is 412 g/mol. The van der Waals surface area contributed by atoms with Gasteiger partial charge in [-0.1, -0.05) is 20.8 Å². The lowest BCUT2D eigenvalue weighted by Crippen LogP contribution is -2.59. The molecule has 0 aromatic heterocycles. The van der Waals surface area contributed by atoms with Crippen LogP contribution in [-0.2, 0) is 28.5 Å². The molecule has 0 spiro atoms. The van der Waals surface area contributed by atoms with E-state index in [1.807, 2.05) is 13.8 Å². The molecule has 0 aromatic carbocycles. The number of carbonyl (C=O) groups is 2. The number of ether oxygens (including phenoxy) is 4. The van der Waals surface area contributed by atoms with E-state index in [1.165, 1.54) is 6.26 Å². The first kappa shape index (κ1) is 24.1. The molecule has 2 fully saturated rings. The summed E-state index contributed by atoms with van der Waals surface area (Å²) in [5.41, 5.74) is 0.635. The lowest BCUT2D eigenvalue weighted by Gasteiger charge is -2.40. The molecule has 0 aromatic rings. The van der Waals surface area contributed by atoms with Gasteiger partial charge in [0.2, 0.25) is 6.29 Å². The van der Waals surface area contributed by atoms with Crippen molar-refractivity contribution >= 4 is 11.8 Å². The van der Waals surface area contributed by atoms with E-state index in [9.17, 15) is 30.0 Å². The monoisotopic (exact) mass is 444 g/mol. The molecule has 2 heterocycles. The Balaban J connectivity index is 1.68. The fourth-order valence-electron chi connectivity index (χ4n) is 4.38. The predicted octanol–water partition coefficient (Wildman–Crippen LogP) is -0.526. The minimum absolute atomic E-state index is 0.0316. The Hall–Kier alpha value is -1.56. The van der Waals surface area contributed by atoms with Crippen LogP contribution in [0, 0.1) is 23.7 Å². The average molecular weight is 444 g/mol. The van der Waals surface area contributed by atoms with Crippen LogP contribution in [-0.4, -0.2) is 82.4 Å². The van der Waals surface area contributed by atoms with Crippen LogP contribution in [0.2, 0.25) is 0 Å². The van der Waals surface area contributed by atoms with Crippen molar-refractivity contribution in [1.29, 1.82) is 0 Å². The van der Waals surface area contributed by atoms with Crippen LogP contribution in [0.1, 0.15) is 33.6 Å². The van der Waals surface area contributed by atoms with Gasteiger partial charge in [0.05, 0.1) is 19.5 Å². The van der Waals surface area contributed by atoms with Crippen LogP contribution >= 0.6 is 0 Å². The lowest BCUT2D eigenvalue weighted by atomic mass is 9.83. The van der Waals surface area contributed by atoms with Gasteiger partial charge < -0.3 is 39.4 Å². The van der Waals surface area contributed by atoms with Gasteiger partial charge in [-0.15, -0.1) is 0 Å². The third-order valence-corrected chi connectivity index (χ3v) is 6.20. The minimum Gasteiger partial charge on any atom is -0.462 e. The van der Waals surface area contributed by atoms with Crippen LogP contribution < -0.4 is 0 Å². The molecule has 0 amide bonds. The highest BCUT2D eigenvalue weighted by Gasteiger charge is 2.51. The van der Waals surface area contributed by atoms with E-state index >= 15 is 0 Å². The maximum Gasteiger partial charge on any atom is 0.309 e. The molecule has 1 aliphatic carbocycles. The van der Waals surface area contributed by atoms with Gasteiger partial charge in [0.1, 0.15) is 30.2 Å². The molecule has 1 saturated heterocycles. The highest BCUT2D eigenvalue weighted by molar-refractivity contribution is 5.84. The fraction of sp³-hybridized carbons (Fsp3) is 0.810. The molecule has 3 aliphatic rings. The standard InChI is InChI=1S/C21H32O10/c1-9(2)4-15(24)31-20-16-10(3)13(23)5-12(16)11(7-28-20)8-29-21-19(27)18(26)17(25)14(6-22)30-21/h7,9-10,12,14,16-22,25-27H,4-6,8H2,1-3H3/t10-,12+,14-,16-,17+,18+,19-,20-,21+/m0/s1. The number of aliphatic hydroxyl groups is 4. The summed E-state index contributed by atoms with van der Waals surface area (Å²) in [5, 5.41) is 39.2. The SMILES string of the molecule is CC(C)CC(=O)O[C@@H]1OC=C(CO[C@@H]2O[C@@H](CO)[C@@H](O)[C@@H](O)[C@@H]2O)[C@H]2CC(=O)[C@H](C)[C@H]12. The fourth-order valence-corrected chi connectivity index (χ4v) is 4.38. The second-order valence-electron chi connectivity index (χ2n) is 8.94. The highest BCUT2D eigenvalue weighted by Crippen LogP contribution is 2.45. The smallest absolute Gasteiger partial charge is 0.309 e. The molecule has 2 aliphatic heterocycles. The van der Waals surface area contributed by atoms with E-state index in [0.717, 1.165) is 0 Å². The number of hydrogen-bond donors (Lipinski definition) is 4. The second-order valence-corrected chi connectivity index (χ2v) is 8.94. The normalized spacial score (nSPS) is 40.3. The Labute approximate surface area is 180 Å². The highest BCUT2D eigenvalue weighted by atomic mass is 16.7. The number of esters is 1. The van der Waals surface area contributed by atoms with E-state index in [4.69, 9.17) is 18.9 Å². The maximum absolute atomic E-state index is 12.4. The summed E-state index contributed by atoms with van der Waals surface area (Å²) in [4.78, 5) is 24.5. The summed E-state index contributed by atoms with van der Waals surface area (Å²) in [7, 11) is 0. The molecule has 10 heteroatoms. The lowest BCUT2D eigenvalue weighted by molar-refractivity contribution is -0.299. The zero-order valence-electron chi connectivity index (χ0n) is 17.9. The molecule has 10 nitrogen and oxygen atoms in total.